The van der Waals surface area contributed by atoms with Crippen LogP contribution in [0.25, 0.3) is 0 Å². The van der Waals surface area contributed by atoms with Gasteiger partial charge in [-0.15, -0.1) is 0 Å². The summed E-state index contributed by atoms with van der Waals surface area (Å²) < 4.78 is 0. The number of aromatic amines is 1. The molecular formula is C7H12N4O. The molecule has 66 valence electrons. The third-order valence-electron chi connectivity index (χ3n) is 1.41. The predicted molar refractivity (Wildman–Crippen MR) is 44.1 cm³/mol. The molecule has 0 atom stereocenters. The maximum atomic E-state index is 10.9. The van der Waals surface area contributed by atoms with E-state index in [0.29, 0.717) is 19.5 Å². The highest BCUT2D eigenvalue weighted by molar-refractivity contribution is 5.75. The van der Waals surface area contributed by atoms with Crippen LogP contribution in [0.15, 0.2) is 12.3 Å². The molecular weight excluding hydrogens is 156 g/mol. The molecule has 1 heterocycles. The molecule has 1 aromatic heterocycles. The largest absolute Gasteiger partial charge is 0.350 e. The van der Waals surface area contributed by atoms with E-state index in [1.54, 1.807) is 6.20 Å². The van der Waals surface area contributed by atoms with Gasteiger partial charge in [0.2, 0.25) is 5.91 Å². The van der Waals surface area contributed by atoms with E-state index in [2.05, 4.69) is 15.5 Å². The van der Waals surface area contributed by atoms with Gasteiger partial charge in [0.1, 0.15) is 0 Å². The Balaban J connectivity index is 2.22. The number of carbonyl (C=O) groups is 1. The number of hydrogen-bond acceptors (Lipinski definition) is 3. The summed E-state index contributed by atoms with van der Waals surface area (Å²) in [5, 5.41) is 9.18. The molecule has 0 aromatic carbocycles. The Bertz CT molecular complexity index is 232. The minimum absolute atomic E-state index is 0.0351. The average Bonchev–Trinajstić information content (AvgIpc) is 2.53. The van der Waals surface area contributed by atoms with E-state index in [1.807, 2.05) is 6.07 Å². The van der Waals surface area contributed by atoms with Crippen molar-refractivity contribution in [3.8, 4) is 0 Å². The molecule has 0 aliphatic carbocycles. The fourth-order valence-electron chi connectivity index (χ4n) is 0.796. The first-order chi connectivity index (χ1) is 5.83. The molecule has 12 heavy (non-hydrogen) atoms. The van der Waals surface area contributed by atoms with Gasteiger partial charge >= 0.3 is 0 Å². The van der Waals surface area contributed by atoms with Crippen molar-refractivity contribution >= 4 is 5.91 Å². The van der Waals surface area contributed by atoms with Crippen molar-refractivity contribution in [2.24, 2.45) is 5.73 Å². The molecule has 0 saturated carbocycles. The van der Waals surface area contributed by atoms with E-state index >= 15 is 0 Å². The summed E-state index contributed by atoms with van der Waals surface area (Å²) in [6.45, 7) is 0.869. The van der Waals surface area contributed by atoms with Gasteiger partial charge in [0.15, 0.2) is 0 Å². The van der Waals surface area contributed by atoms with E-state index in [9.17, 15) is 4.79 Å². The number of carbonyl (C=O) groups excluding carboxylic acids is 1. The predicted octanol–water partition coefficient (Wildman–Crippen LogP) is -0.625. The van der Waals surface area contributed by atoms with Gasteiger partial charge < -0.3 is 11.1 Å². The van der Waals surface area contributed by atoms with Gasteiger partial charge in [0.25, 0.3) is 0 Å². The van der Waals surface area contributed by atoms with E-state index in [-0.39, 0.29) is 5.91 Å². The van der Waals surface area contributed by atoms with Gasteiger partial charge in [-0.05, 0) is 6.07 Å². The van der Waals surface area contributed by atoms with Crippen molar-refractivity contribution in [2.75, 3.05) is 6.54 Å². The number of rotatable bonds is 4. The van der Waals surface area contributed by atoms with Crippen molar-refractivity contribution in [3.63, 3.8) is 0 Å². The minimum Gasteiger partial charge on any atom is -0.350 e. The van der Waals surface area contributed by atoms with Crippen LogP contribution in [0.1, 0.15) is 12.1 Å². The van der Waals surface area contributed by atoms with E-state index in [1.165, 1.54) is 0 Å². The highest BCUT2D eigenvalue weighted by Gasteiger charge is 1.98. The zero-order chi connectivity index (χ0) is 8.81. The highest BCUT2D eigenvalue weighted by atomic mass is 16.1. The Morgan fingerprint density at radius 1 is 1.75 bits per heavy atom. The molecule has 0 aliphatic heterocycles. The maximum absolute atomic E-state index is 10.9. The summed E-state index contributed by atoms with van der Waals surface area (Å²) >= 11 is 0. The fourth-order valence-corrected chi connectivity index (χ4v) is 0.796. The van der Waals surface area contributed by atoms with Crippen LogP contribution in [0, 0.1) is 0 Å². The average molecular weight is 168 g/mol. The Hall–Kier alpha value is -1.36. The van der Waals surface area contributed by atoms with Crippen LogP contribution in [-0.4, -0.2) is 22.6 Å². The number of nitrogens with one attached hydrogen (secondary N) is 2. The Labute approximate surface area is 70.3 Å². The summed E-state index contributed by atoms with van der Waals surface area (Å²) in [4.78, 5) is 10.9. The van der Waals surface area contributed by atoms with Gasteiger partial charge in [0.05, 0.1) is 12.2 Å². The molecule has 0 spiro atoms. The summed E-state index contributed by atoms with van der Waals surface area (Å²) in [7, 11) is 0. The normalized spacial score (nSPS) is 9.75. The number of nitrogens with two attached hydrogens (primary N) is 1. The molecule has 4 N–H and O–H groups in total. The molecule has 5 nitrogen and oxygen atoms in total. The second kappa shape index (κ2) is 4.50. The SMILES string of the molecule is NCCC(=O)NCc1ccn[nH]1. The lowest BCUT2D eigenvalue weighted by atomic mass is 10.4. The molecule has 5 heteroatoms. The Morgan fingerprint density at radius 3 is 3.17 bits per heavy atom. The molecule has 0 fully saturated rings. The number of nitrogens with zero attached hydrogens (tertiary/aromatic N) is 1. The molecule has 0 unspecified atom stereocenters. The monoisotopic (exact) mass is 168 g/mol. The van der Waals surface area contributed by atoms with E-state index in [4.69, 9.17) is 5.73 Å². The lowest BCUT2D eigenvalue weighted by molar-refractivity contribution is -0.121. The van der Waals surface area contributed by atoms with Crippen LogP contribution in [0.4, 0.5) is 0 Å². The quantitative estimate of drug-likeness (QED) is 0.560. The summed E-state index contributed by atoms with van der Waals surface area (Å²) in [6.07, 6.45) is 2.01. The second-order valence-corrected chi connectivity index (χ2v) is 2.40. The zero-order valence-corrected chi connectivity index (χ0v) is 6.71. The Kier molecular flexibility index (Phi) is 3.28. The number of amides is 1. The first-order valence-corrected chi connectivity index (χ1v) is 3.78. The van der Waals surface area contributed by atoms with Crippen LogP contribution in [0.2, 0.25) is 0 Å². The summed E-state index contributed by atoms with van der Waals surface area (Å²) in [6, 6.07) is 1.81. The number of H-pyrrole nitrogens is 1. The zero-order valence-electron chi connectivity index (χ0n) is 6.71. The van der Waals surface area contributed by atoms with Crippen LogP contribution < -0.4 is 11.1 Å². The van der Waals surface area contributed by atoms with Gasteiger partial charge in [-0.25, -0.2) is 0 Å². The molecule has 1 amide bonds. The van der Waals surface area contributed by atoms with E-state index < -0.39 is 0 Å². The maximum Gasteiger partial charge on any atom is 0.221 e. The highest BCUT2D eigenvalue weighted by Crippen LogP contribution is 1.89. The van der Waals surface area contributed by atoms with Gasteiger partial charge in [-0.2, -0.15) is 5.10 Å². The second-order valence-electron chi connectivity index (χ2n) is 2.40. The third kappa shape index (κ3) is 2.71. The minimum atomic E-state index is -0.0351. The molecule has 1 rings (SSSR count). The number of hydrogen-bond donors (Lipinski definition) is 3. The van der Waals surface area contributed by atoms with Crippen molar-refractivity contribution in [2.45, 2.75) is 13.0 Å². The fraction of sp³-hybridized carbons (Fsp3) is 0.429. The molecule has 0 radical (unpaired) electrons. The van der Waals surface area contributed by atoms with Crippen molar-refractivity contribution in [1.82, 2.24) is 15.5 Å². The molecule has 0 aliphatic rings. The van der Waals surface area contributed by atoms with Gasteiger partial charge in [0, 0.05) is 19.2 Å². The summed E-state index contributed by atoms with van der Waals surface area (Å²) in [5.74, 6) is -0.0351. The molecule has 0 bridgehead atoms. The van der Waals surface area contributed by atoms with E-state index in [0.717, 1.165) is 5.69 Å². The molecule has 0 saturated heterocycles. The first-order valence-electron chi connectivity index (χ1n) is 3.78. The van der Waals surface area contributed by atoms with Crippen molar-refractivity contribution < 1.29 is 4.79 Å². The topological polar surface area (TPSA) is 83.8 Å². The third-order valence-corrected chi connectivity index (χ3v) is 1.41. The molecule has 1 aromatic rings. The van der Waals surface area contributed by atoms with Crippen LogP contribution >= 0.6 is 0 Å². The van der Waals surface area contributed by atoms with Crippen molar-refractivity contribution in [3.05, 3.63) is 18.0 Å². The van der Waals surface area contributed by atoms with Crippen LogP contribution in [-0.2, 0) is 11.3 Å². The summed E-state index contributed by atoms with van der Waals surface area (Å²) in [5.41, 5.74) is 6.09. The Morgan fingerprint density at radius 2 is 2.58 bits per heavy atom. The first kappa shape index (κ1) is 8.73. The van der Waals surface area contributed by atoms with Crippen LogP contribution in [0.3, 0.4) is 0 Å². The van der Waals surface area contributed by atoms with Gasteiger partial charge in [-0.1, -0.05) is 0 Å². The van der Waals surface area contributed by atoms with Crippen LogP contribution in [0.5, 0.6) is 0 Å². The smallest absolute Gasteiger partial charge is 0.221 e. The van der Waals surface area contributed by atoms with Crippen molar-refractivity contribution in [1.29, 1.82) is 0 Å². The van der Waals surface area contributed by atoms with Gasteiger partial charge in [-0.3, -0.25) is 9.89 Å². The standard InChI is InChI=1S/C7H12N4O/c8-3-1-7(12)9-5-6-2-4-10-11-6/h2,4H,1,3,5,8H2,(H,9,12)(H,10,11). The number of aromatic nitrogens is 2. The lowest BCUT2D eigenvalue weighted by Crippen LogP contribution is -2.25. The lowest BCUT2D eigenvalue weighted by Gasteiger charge is -2.00.